The van der Waals surface area contributed by atoms with Gasteiger partial charge in [0.15, 0.2) is 5.69 Å². The Labute approximate surface area is 137 Å². The van der Waals surface area contributed by atoms with Gasteiger partial charge >= 0.3 is 6.18 Å². The number of alkyl halides is 3. The number of aromatic nitrogens is 2. The maximum Gasteiger partial charge on any atom is 0.433 e. The van der Waals surface area contributed by atoms with Crippen molar-refractivity contribution in [2.24, 2.45) is 5.10 Å². The lowest BCUT2D eigenvalue weighted by Gasteiger charge is -2.15. The SMILES string of the molecule is FC(F)(F)c1nc(N/N=C\c2ccccc2)nc2c1CCCCC2. The minimum Gasteiger partial charge on any atom is -0.245 e. The number of anilines is 1. The largest absolute Gasteiger partial charge is 0.433 e. The predicted molar refractivity (Wildman–Crippen MR) is 86.0 cm³/mol. The Morgan fingerprint density at radius 3 is 2.50 bits per heavy atom. The maximum atomic E-state index is 13.3. The number of hydrogen-bond donors (Lipinski definition) is 1. The van der Waals surface area contributed by atoms with E-state index in [9.17, 15) is 13.2 Å². The van der Waals surface area contributed by atoms with Gasteiger partial charge in [0.25, 0.3) is 0 Å². The molecule has 0 saturated heterocycles. The molecule has 1 heterocycles. The highest BCUT2D eigenvalue weighted by Gasteiger charge is 2.37. The highest BCUT2D eigenvalue weighted by atomic mass is 19.4. The van der Waals surface area contributed by atoms with Gasteiger partial charge in [-0.25, -0.2) is 15.4 Å². The van der Waals surface area contributed by atoms with E-state index in [1.54, 1.807) is 0 Å². The molecule has 1 aliphatic rings. The molecule has 0 unspecified atom stereocenters. The first-order valence-corrected chi connectivity index (χ1v) is 7.85. The Balaban J connectivity index is 1.88. The van der Waals surface area contributed by atoms with Crippen molar-refractivity contribution in [1.82, 2.24) is 9.97 Å². The first kappa shape index (κ1) is 16.4. The highest BCUT2D eigenvalue weighted by molar-refractivity contribution is 5.79. The average molecular weight is 334 g/mol. The highest BCUT2D eigenvalue weighted by Crippen LogP contribution is 2.34. The van der Waals surface area contributed by atoms with E-state index in [4.69, 9.17) is 0 Å². The van der Waals surface area contributed by atoms with Crippen LogP contribution < -0.4 is 5.43 Å². The maximum absolute atomic E-state index is 13.3. The van der Waals surface area contributed by atoms with Gasteiger partial charge < -0.3 is 0 Å². The number of rotatable bonds is 3. The molecule has 0 amide bonds. The monoisotopic (exact) mass is 334 g/mol. The molecule has 7 heteroatoms. The fraction of sp³-hybridized carbons (Fsp3) is 0.353. The standard InChI is InChI=1S/C17H17F3N4/c18-17(19,20)15-13-9-5-2-6-10-14(13)22-16(23-15)24-21-11-12-7-3-1-4-8-12/h1,3-4,7-8,11H,2,5-6,9-10H2,(H,22,23,24)/b21-11-. The molecular weight excluding hydrogens is 317 g/mol. The van der Waals surface area contributed by atoms with Gasteiger partial charge in [-0.3, -0.25) is 0 Å². The molecule has 1 aliphatic carbocycles. The Bertz CT molecular complexity index is 727. The van der Waals surface area contributed by atoms with Gasteiger partial charge in [-0.1, -0.05) is 36.8 Å². The van der Waals surface area contributed by atoms with Crippen LogP contribution in [0.1, 0.15) is 41.8 Å². The fourth-order valence-corrected chi connectivity index (χ4v) is 2.76. The van der Waals surface area contributed by atoms with Crippen LogP contribution in [-0.4, -0.2) is 16.2 Å². The summed E-state index contributed by atoms with van der Waals surface area (Å²) in [5.74, 6) is -0.116. The molecule has 1 aromatic carbocycles. The van der Waals surface area contributed by atoms with Crippen LogP contribution in [0.2, 0.25) is 0 Å². The van der Waals surface area contributed by atoms with Gasteiger partial charge in [-0.05, 0) is 31.2 Å². The lowest BCUT2D eigenvalue weighted by molar-refractivity contribution is -0.141. The van der Waals surface area contributed by atoms with Crippen LogP contribution in [0.15, 0.2) is 35.4 Å². The zero-order valence-electron chi connectivity index (χ0n) is 13.0. The summed E-state index contributed by atoms with van der Waals surface area (Å²) in [6.07, 6.45) is 0.421. The van der Waals surface area contributed by atoms with E-state index < -0.39 is 11.9 Å². The Kier molecular flexibility index (Phi) is 4.78. The molecule has 24 heavy (non-hydrogen) atoms. The third-order valence-corrected chi connectivity index (χ3v) is 3.88. The number of hydrazone groups is 1. The van der Waals surface area contributed by atoms with E-state index in [1.807, 2.05) is 30.3 Å². The number of halogens is 3. The Hall–Kier alpha value is -2.44. The van der Waals surface area contributed by atoms with Gasteiger partial charge in [0.2, 0.25) is 5.95 Å². The fourth-order valence-electron chi connectivity index (χ4n) is 2.76. The first-order chi connectivity index (χ1) is 11.5. The van der Waals surface area contributed by atoms with E-state index in [0.717, 1.165) is 24.8 Å². The molecule has 2 aromatic rings. The van der Waals surface area contributed by atoms with Crippen LogP contribution in [-0.2, 0) is 19.0 Å². The molecule has 0 radical (unpaired) electrons. The van der Waals surface area contributed by atoms with Crippen molar-refractivity contribution in [3.63, 3.8) is 0 Å². The van der Waals surface area contributed by atoms with Crippen LogP contribution in [0.25, 0.3) is 0 Å². The number of fused-ring (bicyclic) bond motifs is 1. The second-order valence-corrected chi connectivity index (χ2v) is 5.66. The van der Waals surface area contributed by atoms with Gasteiger partial charge in [-0.15, -0.1) is 0 Å². The quantitative estimate of drug-likeness (QED) is 0.520. The number of aryl methyl sites for hydroxylation is 1. The Morgan fingerprint density at radius 1 is 1.00 bits per heavy atom. The number of nitrogens with zero attached hydrogens (tertiary/aromatic N) is 3. The van der Waals surface area contributed by atoms with Gasteiger partial charge in [0, 0.05) is 11.3 Å². The molecule has 1 N–H and O–H groups in total. The summed E-state index contributed by atoms with van der Waals surface area (Å²) in [6.45, 7) is 0. The number of hydrogen-bond acceptors (Lipinski definition) is 4. The minimum atomic E-state index is -4.49. The summed E-state index contributed by atoms with van der Waals surface area (Å²) in [4.78, 5) is 7.91. The van der Waals surface area contributed by atoms with Crippen molar-refractivity contribution in [2.75, 3.05) is 5.43 Å². The van der Waals surface area contributed by atoms with E-state index >= 15 is 0 Å². The van der Waals surface area contributed by atoms with E-state index in [-0.39, 0.29) is 11.5 Å². The zero-order valence-corrected chi connectivity index (χ0v) is 13.0. The molecule has 0 aliphatic heterocycles. The number of benzene rings is 1. The average Bonchev–Trinajstić information content (AvgIpc) is 2.79. The normalized spacial score (nSPS) is 15.1. The summed E-state index contributed by atoms with van der Waals surface area (Å²) in [5, 5.41) is 3.94. The molecule has 0 bridgehead atoms. The molecule has 0 atom stereocenters. The van der Waals surface area contributed by atoms with Gasteiger partial charge in [0.1, 0.15) is 0 Å². The first-order valence-electron chi connectivity index (χ1n) is 7.85. The van der Waals surface area contributed by atoms with Crippen LogP contribution in [0, 0.1) is 0 Å². The van der Waals surface area contributed by atoms with E-state index in [1.165, 1.54) is 6.21 Å². The molecule has 0 spiro atoms. The summed E-state index contributed by atoms with van der Waals surface area (Å²) in [7, 11) is 0. The summed E-state index contributed by atoms with van der Waals surface area (Å²) in [5.41, 5.74) is 3.22. The third-order valence-electron chi connectivity index (χ3n) is 3.88. The summed E-state index contributed by atoms with van der Waals surface area (Å²) >= 11 is 0. The van der Waals surface area contributed by atoms with E-state index in [0.29, 0.717) is 18.5 Å². The van der Waals surface area contributed by atoms with Crippen LogP contribution in [0.3, 0.4) is 0 Å². The second kappa shape index (κ2) is 6.98. The van der Waals surface area contributed by atoms with Crippen molar-refractivity contribution in [3.8, 4) is 0 Å². The topological polar surface area (TPSA) is 50.2 Å². The van der Waals surface area contributed by atoms with Crippen molar-refractivity contribution >= 4 is 12.2 Å². The molecule has 126 valence electrons. The Morgan fingerprint density at radius 2 is 1.75 bits per heavy atom. The van der Waals surface area contributed by atoms with Crippen molar-refractivity contribution < 1.29 is 13.2 Å². The van der Waals surface area contributed by atoms with Crippen LogP contribution >= 0.6 is 0 Å². The molecule has 1 aromatic heterocycles. The van der Waals surface area contributed by atoms with Crippen molar-refractivity contribution in [3.05, 3.63) is 52.8 Å². The minimum absolute atomic E-state index is 0.116. The molecule has 4 nitrogen and oxygen atoms in total. The molecule has 0 saturated carbocycles. The summed E-state index contributed by atoms with van der Waals surface area (Å²) in [6, 6.07) is 9.24. The van der Waals surface area contributed by atoms with Crippen molar-refractivity contribution in [2.45, 2.75) is 38.3 Å². The van der Waals surface area contributed by atoms with Crippen LogP contribution in [0.4, 0.5) is 19.1 Å². The summed E-state index contributed by atoms with van der Waals surface area (Å²) < 4.78 is 40.0. The lowest BCUT2D eigenvalue weighted by Crippen LogP contribution is -2.17. The van der Waals surface area contributed by atoms with E-state index in [2.05, 4.69) is 20.5 Å². The van der Waals surface area contributed by atoms with Crippen molar-refractivity contribution in [1.29, 1.82) is 0 Å². The zero-order chi connectivity index (χ0) is 17.0. The lowest BCUT2D eigenvalue weighted by atomic mass is 10.1. The second-order valence-electron chi connectivity index (χ2n) is 5.66. The number of nitrogens with one attached hydrogen (secondary N) is 1. The van der Waals surface area contributed by atoms with Gasteiger partial charge in [0.05, 0.1) is 6.21 Å². The van der Waals surface area contributed by atoms with Crippen LogP contribution in [0.5, 0.6) is 0 Å². The molecule has 3 rings (SSSR count). The third kappa shape index (κ3) is 3.90. The molecular formula is C17H17F3N4. The van der Waals surface area contributed by atoms with Gasteiger partial charge in [-0.2, -0.15) is 18.3 Å². The predicted octanol–water partition coefficient (Wildman–Crippen LogP) is 4.21. The smallest absolute Gasteiger partial charge is 0.245 e. The molecule has 0 fully saturated rings.